The van der Waals surface area contributed by atoms with Crippen molar-refractivity contribution in [1.29, 1.82) is 0 Å². The first-order valence-corrected chi connectivity index (χ1v) is 8.87. The highest BCUT2D eigenvalue weighted by Crippen LogP contribution is 2.22. The van der Waals surface area contributed by atoms with Crippen LogP contribution in [0.15, 0.2) is 0 Å². The lowest BCUT2D eigenvalue weighted by Crippen LogP contribution is -2.41. The minimum absolute atomic E-state index is 0.147. The van der Waals surface area contributed by atoms with E-state index < -0.39 is 5.60 Å². The molecule has 0 aromatic rings. The summed E-state index contributed by atoms with van der Waals surface area (Å²) in [6.45, 7) is 11.0. The van der Waals surface area contributed by atoms with Gasteiger partial charge in [-0.3, -0.25) is 0 Å². The van der Waals surface area contributed by atoms with Crippen LogP contribution in [0.2, 0.25) is 0 Å². The Balaban J connectivity index is 1.66. The molecule has 5 heteroatoms. The average molecular weight is 311 g/mol. The molecule has 2 rings (SSSR count). The van der Waals surface area contributed by atoms with Crippen LogP contribution in [0.1, 0.15) is 52.9 Å². The van der Waals surface area contributed by atoms with E-state index in [1.165, 1.54) is 19.4 Å². The van der Waals surface area contributed by atoms with Gasteiger partial charge in [0.1, 0.15) is 5.60 Å². The Bertz CT molecular complexity index is 348. The molecule has 0 saturated carbocycles. The van der Waals surface area contributed by atoms with Crippen LogP contribution >= 0.6 is 0 Å². The number of piperidine rings is 1. The number of likely N-dealkylation sites (tertiary alicyclic amines) is 1. The van der Waals surface area contributed by atoms with Gasteiger partial charge < -0.3 is 20.3 Å². The van der Waals surface area contributed by atoms with Gasteiger partial charge in [0.25, 0.3) is 0 Å². The topological polar surface area (TPSA) is 53.6 Å². The molecule has 2 saturated heterocycles. The molecule has 0 radical (unpaired) electrons. The van der Waals surface area contributed by atoms with Crippen LogP contribution < -0.4 is 10.6 Å². The minimum atomic E-state index is -0.406. The highest BCUT2D eigenvalue weighted by atomic mass is 16.6. The molecule has 0 spiro atoms. The van der Waals surface area contributed by atoms with Crippen LogP contribution in [0.5, 0.6) is 0 Å². The van der Waals surface area contributed by atoms with Crippen LogP contribution in [-0.4, -0.2) is 55.4 Å². The summed E-state index contributed by atoms with van der Waals surface area (Å²) < 4.78 is 5.51. The van der Waals surface area contributed by atoms with E-state index >= 15 is 0 Å². The molecule has 2 heterocycles. The maximum atomic E-state index is 12.2. The second kappa shape index (κ2) is 8.16. The fourth-order valence-corrected chi connectivity index (χ4v) is 3.37. The van der Waals surface area contributed by atoms with Crippen LogP contribution in [0.4, 0.5) is 4.79 Å². The van der Waals surface area contributed by atoms with Crippen molar-refractivity contribution in [3.8, 4) is 0 Å². The number of hydrogen-bond acceptors (Lipinski definition) is 4. The molecule has 2 atom stereocenters. The summed E-state index contributed by atoms with van der Waals surface area (Å²) in [5.74, 6) is 0.763. The largest absolute Gasteiger partial charge is 0.444 e. The first-order chi connectivity index (χ1) is 10.5. The van der Waals surface area contributed by atoms with E-state index in [2.05, 4.69) is 10.6 Å². The van der Waals surface area contributed by atoms with Gasteiger partial charge >= 0.3 is 6.09 Å². The number of rotatable bonds is 5. The van der Waals surface area contributed by atoms with Gasteiger partial charge in [0, 0.05) is 12.6 Å². The fourth-order valence-electron chi connectivity index (χ4n) is 3.37. The Hall–Kier alpha value is -0.810. The summed E-state index contributed by atoms with van der Waals surface area (Å²) in [5.41, 5.74) is -0.406. The SMILES string of the molecule is CC(C)(C)OC(=O)N1CCCC1CCNCC1CCCNC1. The monoisotopic (exact) mass is 311 g/mol. The number of ether oxygens (including phenoxy) is 1. The van der Waals surface area contributed by atoms with Crippen LogP contribution in [0.3, 0.4) is 0 Å². The molecule has 2 unspecified atom stereocenters. The van der Waals surface area contributed by atoms with E-state index in [9.17, 15) is 4.79 Å². The van der Waals surface area contributed by atoms with Gasteiger partial charge in [-0.15, -0.1) is 0 Å². The van der Waals surface area contributed by atoms with E-state index in [4.69, 9.17) is 4.74 Å². The highest BCUT2D eigenvalue weighted by Gasteiger charge is 2.31. The third-order valence-electron chi connectivity index (χ3n) is 4.49. The molecule has 5 nitrogen and oxygen atoms in total. The molecular formula is C17H33N3O2. The molecule has 2 aliphatic rings. The minimum Gasteiger partial charge on any atom is -0.444 e. The number of nitrogens with one attached hydrogen (secondary N) is 2. The molecule has 1 amide bonds. The van der Waals surface area contributed by atoms with E-state index in [-0.39, 0.29) is 6.09 Å². The van der Waals surface area contributed by atoms with Crippen molar-refractivity contribution in [1.82, 2.24) is 15.5 Å². The summed E-state index contributed by atoms with van der Waals surface area (Å²) in [6, 6.07) is 0.340. The van der Waals surface area contributed by atoms with Gasteiger partial charge in [0.15, 0.2) is 0 Å². The zero-order chi connectivity index (χ0) is 16.0. The van der Waals surface area contributed by atoms with Gasteiger partial charge in [-0.2, -0.15) is 0 Å². The molecule has 128 valence electrons. The van der Waals surface area contributed by atoms with Crippen molar-refractivity contribution in [2.24, 2.45) is 5.92 Å². The van der Waals surface area contributed by atoms with Crippen LogP contribution in [0.25, 0.3) is 0 Å². The highest BCUT2D eigenvalue weighted by molar-refractivity contribution is 5.68. The van der Waals surface area contributed by atoms with Gasteiger partial charge in [-0.1, -0.05) is 0 Å². The first kappa shape index (κ1) is 17.5. The Labute approximate surface area is 135 Å². The first-order valence-electron chi connectivity index (χ1n) is 8.87. The number of nitrogens with zero attached hydrogens (tertiary/aromatic N) is 1. The smallest absolute Gasteiger partial charge is 0.410 e. The predicted molar refractivity (Wildman–Crippen MR) is 89.0 cm³/mol. The quantitative estimate of drug-likeness (QED) is 0.765. The van der Waals surface area contributed by atoms with Gasteiger partial charge in [-0.25, -0.2) is 4.79 Å². The lowest BCUT2D eigenvalue weighted by atomic mass is 10.00. The lowest BCUT2D eigenvalue weighted by Gasteiger charge is -2.29. The van der Waals surface area contributed by atoms with Crippen molar-refractivity contribution in [3.05, 3.63) is 0 Å². The average Bonchev–Trinajstić information content (AvgIpc) is 2.91. The molecule has 0 aromatic heterocycles. The molecule has 0 bridgehead atoms. The van der Waals surface area contributed by atoms with Crippen LogP contribution in [0, 0.1) is 5.92 Å². The Morgan fingerprint density at radius 1 is 1.32 bits per heavy atom. The van der Waals surface area contributed by atoms with E-state index in [0.717, 1.165) is 51.4 Å². The fraction of sp³-hybridized carbons (Fsp3) is 0.941. The summed E-state index contributed by atoms with van der Waals surface area (Å²) >= 11 is 0. The molecular weight excluding hydrogens is 278 g/mol. The Morgan fingerprint density at radius 2 is 2.14 bits per heavy atom. The summed E-state index contributed by atoms with van der Waals surface area (Å²) in [7, 11) is 0. The maximum Gasteiger partial charge on any atom is 0.410 e. The zero-order valence-corrected chi connectivity index (χ0v) is 14.5. The molecule has 2 fully saturated rings. The molecule has 22 heavy (non-hydrogen) atoms. The summed E-state index contributed by atoms with van der Waals surface area (Å²) in [4.78, 5) is 14.2. The molecule has 0 aliphatic carbocycles. The normalized spacial score (nSPS) is 26.2. The van der Waals surface area contributed by atoms with E-state index in [0.29, 0.717) is 6.04 Å². The molecule has 0 aromatic carbocycles. The Morgan fingerprint density at radius 3 is 2.82 bits per heavy atom. The standard InChI is InChI=1S/C17H33N3O2/c1-17(2,3)22-16(21)20-11-5-7-15(20)8-10-19-13-14-6-4-9-18-12-14/h14-15,18-19H,4-13H2,1-3H3. The Kier molecular flexibility index (Phi) is 6.50. The maximum absolute atomic E-state index is 12.2. The summed E-state index contributed by atoms with van der Waals surface area (Å²) in [6.07, 6.45) is 5.70. The molecule has 2 aliphatic heterocycles. The number of amides is 1. The third kappa shape index (κ3) is 5.76. The number of hydrogen-bond donors (Lipinski definition) is 2. The number of carbonyl (C=O) groups is 1. The lowest BCUT2D eigenvalue weighted by molar-refractivity contribution is 0.0220. The second-order valence-electron chi connectivity index (χ2n) is 7.67. The van der Waals surface area contributed by atoms with Crippen molar-refractivity contribution in [2.45, 2.75) is 64.5 Å². The predicted octanol–water partition coefficient (Wildman–Crippen LogP) is 2.37. The van der Waals surface area contributed by atoms with Crippen molar-refractivity contribution < 1.29 is 9.53 Å². The van der Waals surface area contributed by atoms with Crippen molar-refractivity contribution in [3.63, 3.8) is 0 Å². The van der Waals surface area contributed by atoms with Crippen molar-refractivity contribution in [2.75, 3.05) is 32.7 Å². The van der Waals surface area contributed by atoms with Gasteiger partial charge in [0.2, 0.25) is 0 Å². The van der Waals surface area contributed by atoms with E-state index in [1.54, 1.807) is 0 Å². The number of carbonyl (C=O) groups excluding carboxylic acids is 1. The molecule has 2 N–H and O–H groups in total. The van der Waals surface area contributed by atoms with Crippen molar-refractivity contribution >= 4 is 6.09 Å². The van der Waals surface area contributed by atoms with Gasteiger partial charge in [0.05, 0.1) is 0 Å². The summed E-state index contributed by atoms with van der Waals surface area (Å²) in [5, 5.41) is 7.02. The zero-order valence-electron chi connectivity index (χ0n) is 14.5. The van der Waals surface area contributed by atoms with Crippen LogP contribution in [-0.2, 0) is 4.74 Å². The van der Waals surface area contributed by atoms with E-state index in [1.807, 2.05) is 25.7 Å². The second-order valence-corrected chi connectivity index (χ2v) is 7.67. The van der Waals surface area contributed by atoms with Gasteiger partial charge in [-0.05, 0) is 85.0 Å². The third-order valence-corrected chi connectivity index (χ3v) is 4.49.